The van der Waals surface area contributed by atoms with Crippen molar-refractivity contribution in [3.8, 4) is 0 Å². The number of carbonyl (C=O) groups is 1. The first-order valence-electron chi connectivity index (χ1n) is 4.71. The highest BCUT2D eigenvalue weighted by Gasteiger charge is 2.10. The lowest BCUT2D eigenvalue weighted by Crippen LogP contribution is -1.97. The summed E-state index contributed by atoms with van der Waals surface area (Å²) < 4.78 is 0.885. The minimum atomic E-state index is -0.913. The van der Waals surface area contributed by atoms with Crippen LogP contribution in [0.3, 0.4) is 0 Å². The van der Waals surface area contributed by atoms with Gasteiger partial charge < -0.3 is 5.11 Å². The summed E-state index contributed by atoms with van der Waals surface area (Å²) >= 11 is 3.42. The van der Waals surface area contributed by atoms with Gasteiger partial charge in [-0.05, 0) is 34.5 Å². The Hall–Kier alpha value is -1.61. The molecule has 1 N–H and O–H groups in total. The zero-order chi connectivity index (χ0) is 11.7. The van der Waals surface area contributed by atoms with Crippen LogP contribution in [0.25, 0.3) is 16.8 Å². The number of rotatable bonds is 2. The Morgan fingerprint density at radius 2 is 2.00 bits per heavy atom. The SMILES string of the molecule is C=Cc1ccc2c(C(=O)O)ccc(Br)c2c1. The van der Waals surface area contributed by atoms with E-state index in [0.717, 1.165) is 20.8 Å². The first-order chi connectivity index (χ1) is 7.63. The molecule has 2 aromatic rings. The predicted octanol–water partition coefficient (Wildman–Crippen LogP) is 3.94. The molecule has 80 valence electrons. The maximum atomic E-state index is 11.0. The minimum absolute atomic E-state index is 0.314. The van der Waals surface area contributed by atoms with Crippen molar-refractivity contribution >= 4 is 38.7 Å². The molecule has 0 fully saturated rings. The minimum Gasteiger partial charge on any atom is -0.478 e. The highest BCUT2D eigenvalue weighted by Crippen LogP contribution is 2.28. The fraction of sp³-hybridized carbons (Fsp3) is 0. The van der Waals surface area contributed by atoms with Crippen molar-refractivity contribution in [2.75, 3.05) is 0 Å². The van der Waals surface area contributed by atoms with Gasteiger partial charge in [-0.1, -0.05) is 40.7 Å². The largest absolute Gasteiger partial charge is 0.478 e. The fourth-order valence-corrected chi connectivity index (χ4v) is 2.10. The Kier molecular flexibility index (Phi) is 2.79. The maximum absolute atomic E-state index is 11.0. The van der Waals surface area contributed by atoms with E-state index in [1.807, 2.05) is 12.1 Å². The number of halogens is 1. The predicted molar refractivity (Wildman–Crippen MR) is 68.7 cm³/mol. The Morgan fingerprint density at radius 1 is 1.25 bits per heavy atom. The molecular formula is C13H9BrO2. The van der Waals surface area contributed by atoms with E-state index in [4.69, 9.17) is 5.11 Å². The van der Waals surface area contributed by atoms with Crippen molar-refractivity contribution in [3.05, 3.63) is 52.5 Å². The van der Waals surface area contributed by atoms with E-state index in [0.29, 0.717) is 5.56 Å². The Morgan fingerprint density at radius 3 is 2.62 bits per heavy atom. The summed E-state index contributed by atoms with van der Waals surface area (Å²) in [7, 11) is 0. The molecule has 2 aromatic carbocycles. The van der Waals surface area contributed by atoms with E-state index < -0.39 is 5.97 Å². The number of benzene rings is 2. The number of hydrogen-bond acceptors (Lipinski definition) is 1. The van der Waals surface area contributed by atoms with E-state index in [9.17, 15) is 4.79 Å². The van der Waals surface area contributed by atoms with Gasteiger partial charge in [-0.2, -0.15) is 0 Å². The van der Waals surface area contributed by atoms with Gasteiger partial charge in [-0.25, -0.2) is 4.79 Å². The summed E-state index contributed by atoms with van der Waals surface area (Å²) in [5, 5.41) is 10.7. The smallest absolute Gasteiger partial charge is 0.336 e. The molecule has 0 amide bonds. The second kappa shape index (κ2) is 4.10. The van der Waals surface area contributed by atoms with Crippen LogP contribution in [0.4, 0.5) is 0 Å². The molecule has 0 atom stereocenters. The van der Waals surface area contributed by atoms with Crippen LogP contribution in [-0.4, -0.2) is 11.1 Å². The van der Waals surface area contributed by atoms with Crippen LogP contribution < -0.4 is 0 Å². The third kappa shape index (κ3) is 1.74. The zero-order valence-electron chi connectivity index (χ0n) is 8.40. The highest BCUT2D eigenvalue weighted by molar-refractivity contribution is 9.10. The van der Waals surface area contributed by atoms with Crippen LogP contribution >= 0.6 is 15.9 Å². The molecule has 0 saturated carbocycles. The molecule has 3 heteroatoms. The second-order valence-corrected chi connectivity index (χ2v) is 4.26. The van der Waals surface area contributed by atoms with E-state index in [-0.39, 0.29) is 0 Å². The normalized spacial score (nSPS) is 10.3. The Labute approximate surface area is 101 Å². The van der Waals surface area contributed by atoms with Gasteiger partial charge in [0.2, 0.25) is 0 Å². The van der Waals surface area contributed by atoms with E-state index >= 15 is 0 Å². The van der Waals surface area contributed by atoms with Gasteiger partial charge in [0.25, 0.3) is 0 Å². The molecule has 0 aliphatic carbocycles. The number of carboxylic acids is 1. The maximum Gasteiger partial charge on any atom is 0.336 e. The molecule has 0 unspecified atom stereocenters. The van der Waals surface area contributed by atoms with Crippen molar-refractivity contribution in [1.29, 1.82) is 0 Å². The van der Waals surface area contributed by atoms with Crippen LogP contribution in [0.15, 0.2) is 41.4 Å². The molecule has 0 saturated heterocycles. The third-order valence-electron chi connectivity index (χ3n) is 2.45. The Balaban J connectivity index is 2.85. The summed E-state index contributed by atoms with van der Waals surface area (Å²) in [6.07, 6.45) is 1.74. The Bertz CT molecular complexity index is 588. The molecule has 0 aromatic heterocycles. The first kappa shape index (κ1) is 10.9. The summed E-state index contributed by atoms with van der Waals surface area (Å²) in [6, 6.07) is 8.93. The molecular weight excluding hydrogens is 268 g/mol. The summed E-state index contributed by atoms with van der Waals surface area (Å²) in [5.41, 5.74) is 1.28. The highest BCUT2D eigenvalue weighted by atomic mass is 79.9. The molecule has 2 rings (SSSR count). The molecule has 0 bridgehead atoms. The van der Waals surface area contributed by atoms with Crippen molar-refractivity contribution in [1.82, 2.24) is 0 Å². The lowest BCUT2D eigenvalue weighted by Gasteiger charge is -2.05. The topological polar surface area (TPSA) is 37.3 Å². The number of fused-ring (bicyclic) bond motifs is 1. The first-order valence-corrected chi connectivity index (χ1v) is 5.51. The van der Waals surface area contributed by atoms with Crippen molar-refractivity contribution < 1.29 is 9.90 Å². The zero-order valence-corrected chi connectivity index (χ0v) is 9.99. The second-order valence-electron chi connectivity index (χ2n) is 3.41. The van der Waals surface area contributed by atoms with Crippen LogP contribution in [-0.2, 0) is 0 Å². The van der Waals surface area contributed by atoms with Crippen LogP contribution in [0.5, 0.6) is 0 Å². The molecule has 0 aliphatic heterocycles. The lowest BCUT2D eigenvalue weighted by molar-refractivity contribution is 0.0699. The summed E-state index contributed by atoms with van der Waals surface area (Å²) in [6.45, 7) is 3.69. The van der Waals surface area contributed by atoms with Crippen LogP contribution in [0.2, 0.25) is 0 Å². The molecule has 0 aliphatic rings. The number of hydrogen-bond donors (Lipinski definition) is 1. The van der Waals surface area contributed by atoms with Gasteiger partial charge >= 0.3 is 5.97 Å². The van der Waals surface area contributed by atoms with Gasteiger partial charge in [-0.15, -0.1) is 0 Å². The van der Waals surface area contributed by atoms with Gasteiger partial charge in [0.1, 0.15) is 0 Å². The van der Waals surface area contributed by atoms with Gasteiger partial charge in [-0.3, -0.25) is 0 Å². The number of carboxylic acid groups (broad SMARTS) is 1. The summed E-state index contributed by atoms with van der Waals surface area (Å²) in [5.74, 6) is -0.913. The monoisotopic (exact) mass is 276 g/mol. The third-order valence-corrected chi connectivity index (χ3v) is 3.15. The van der Waals surface area contributed by atoms with E-state index in [2.05, 4.69) is 22.5 Å². The molecule has 0 radical (unpaired) electrons. The standard InChI is InChI=1S/C13H9BrO2/c1-2-8-3-4-9-10(13(15)16)5-6-12(14)11(9)7-8/h2-7H,1H2,(H,15,16). The van der Waals surface area contributed by atoms with Crippen LogP contribution in [0, 0.1) is 0 Å². The van der Waals surface area contributed by atoms with Crippen molar-refractivity contribution in [2.24, 2.45) is 0 Å². The van der Waals surface area contributed by atoms with Crippen LogP contribution in [0.1, 0.15) is 15.9 Å². The lowest BCUT2D eigenvalue weighted by atomic mass is 10.0. The van der Waals surface area contributed by atoms with E-state index in [1.165, 1.54) is 0 Å². The van der Waals surface area contributed by atoms with Gasteiger partial charge in [0.15, 0.2) is 0 Å². The molecule has 2 nitrogen and oxygen atoms in total. The van der Waals surface area contributed by atoms with E-state index in [1.54, 1.807) is 24.3 Å². The van der Waals surface area contributed by atoms with Gasteiger partial charge in [0, 0.05) is 4.47 Å². The van der Waals surface area contributed by atoms with Crippen molar-refractivity contribution in [2.45, 2.75) is 0 Å². The fourth-order valence-electron chi connectivity index (χ4n) is 1.64. The molecule has 0 heterocycles. The summed E-state index contributed by atoms with van der Waals surface area (Å²) in [4.78, 5) is 11.0. The molecule has 0 spiro atoms. The average molecular weight is 277 g/mol. The number of aromatic carboxylic acids is 1. The van der Waals surface area contributed by atoms with Gasteiger partial charge in [0.05, 0.1) is 5.56 Å². The average Bonchev–Trinajstić information content (AvgIpc) is 2.29. The van der Waals surface area contributed by atoms with Crippen molar-refractivity contribution in [3.63, 3.8) is 0 Å². The quantitative estimate of drug-likeness (QED) is 0.902. The molecule has 16 heavy (non-hydrogen) atoms.